The number of nitrogens with one attached hydrogen (secondary N) is 1. The van der Waals surface area contributed by atoms with Crippen LogP contribution in [0.2, 0.25) is 0 Å². The van der Waals surface area contributed by atoms with Crippen LogP contribution in [0.15, 0.2) is 11.0 Å². The summed E-state index contributed by atoms with van der Waals surface area (Å²) in [5.74, 6) is -0.792. The molecule has 86 valence electrons. The van der Waals surface area contributed by atoms with Crippen LogP contribution in [0.3, 0.4) is 0 Å². The predicted molar refractivity (Wildman–Crippen MR) is 54.5 cm³/mol. The molecular weight excluding hydrogens is 212 g/mol. The number of hydrogen-bond acceptors (Lipinski definition) is 4. The molecule has 1 atom stereocenters. The topological polar surface area (TPSA) is 92.3 Å². The molecule has 6 heteroatoms. The summed E-state index contributed by atoms with van der Waals surface area (Å²) in [6.07, 6.45) is 3.66. The van der Waals surface area contributed by atoms with Gasteiger partial charge in [0.05, 0.1) is 6.10 Å². The number of rotatable bonds is 3. The predicted octanol–water partition coefficient (Wildman–Crippen LogP) is 0.190. The molecule has 6 nitrogen and oxygen atoms in total. The van der Waals surface area contributed by atoms with E-state index in [1.54, 1.807) is 0 Å². The molecule has 0 aliphatic carbocycles. The largest absolute Gasteiger partial charge is 0.477 e. The van der Waals surface area contributed by atoms with E-state index in [1.807, 2.05) is 0 Å². The highest BCUT2D eigenvalue weighted by atomic mass is 16.5. The minimum absolute atomic E-state index is 0.0822. The van der Waals surface area contributed by atoms with Crippen LogP contribution < -0.4 is 5.56 Å². The Morgan fingerprint density at radius 1 is 1.69 bits per heavy atom. The number of ether oxygens (including phenoxy) is 1. The van der Waals surface area contributed by atoms with Crippen molar-refractivity contribution in [2.45, 2.75) is 25.4 Å². The first-order valence-electron chi connectivity index (χ1n) is 5.10. The summed E-state index contributed by atoms with van der Waals surface area (Å²) in [5, 5.41) is 8.66. The first kappa shape index (κ1) is 10.8. The molecule has 1 aromatic rings. The molecule has 0 spiro atoms. The van der Waals surface area contributed by atoms with E-state index >= 15 is 0 Å². The minimum Gasteiger partial charge on any atom is -0.477 e. The van der Waals surface area contributed by atoms with Crippen molar-refractivity contribution in [2.75, 3.05) is 6.61 Å². The first-order valence-corrected chi connectivity index (χ1v) is 5.10. The van der Waals surface area contributed by atoms with Crippen LogP contribution in [0.4, 0.5) is 0 Å². The van der Waals surface area contributed by atoms with Gasteiger partial charge >= 0.3 is 5.97 Å². The van der Waals surface area contributed by atoms with E-state index in [1.165, 1.54) is 0 Å². The van der Waals surface area contributed by atoms with Crippen molar-refractivity contribution < 1.29 is 14.6 Å². The number of aromatic carboxylic acids is 1. The maximum atomic E-state index is 11.3. The molecule has 0 bridgehead atoms. The Hall–Kier alpha value is -1.69. The normalized spacial score (nSPS) is 19.9. The van der Waals surface area contributed by atoms with E-state index in [0.717, 1.165) is 25.6 Å². The minimum atomic E-state index is -1.27. The van der Waals surface area contributed by atoms with Gasteiger partial charge in [-0.1, -0.05) is 0 Å². The summed E-state index contributed by atoms with van der Waals surface area (Å²) in [5.41, 5.74) is -0.952. The SMILES string of the molecule is O=C(O)c1cnc(CC2CCCO2)[nH]c1=O. The van der Waals surface area contributed by atoms with Crippen LogP contribution in [0.1, 0.15) is 29.0 Å². The molecule has 0 radical (unpaired) electrons. The number of H-pyrrole nitrogens is 1. The van der Waals surface area contributed by atoms with Crippen LogP contribution >= 0.6 is 0 Å². The first-order chi connectivity index (χ1) is 7.66. The number of carboxylic acid groups (broad SMARTS) is 1. The van der Waals surface area contributed by atoms with Crippen molar-refractivity contribution >= 4 is 5.97 Å². The van der Waals surface area contributed by atoms with Crippen molar-refractivity contribution in [3.63, 3.8) is 0 Å². The zero-order valence-corrected chi connectivity index (χ0v) is 8.60. The van der Waals surface area contributed by atoms with Gasteiger partial charge in [0, 0.05) is 19.2 Å². The van der Waals surface area contributed by atoms with Crippen LogP contribution in [0, 0.1) is 0 Å². The molecular formula is C10H12N2O4. The van der Waals surface area contributed by atoms with Crippen molar-refractivity contribution in [3.05, 3.63) is 27.9 Å². The van der Waals surface area contributed by atoms with Gasteiger partial charge in [-0.2, -0.15) is 0 Å². The number of nitrogens with zero attached hydrogens (tertiary/aromatic N) is 1. The van der Waals surface area contributed by atoms with Gasteiger partial charge < -0.3 is 14.8 Å². The third kappa shape index (κ3) is 2.27. The van der Waals surface area contributed by atoms with E-state index in [9.17, 15) is 9.59 Å². The molecule has 1 aromatic heterocycles. The average Bonchev–Trinajstić information content (AvgIpc) is 2.70. The van der Waals surface area contributed by atoms with Gasteiger partial charge in [0.2, 0.25) is 0 Å². The van der Waals surface area contributed by atoms with E-state index in [2.05, 4.69) is 9.97 Å². The van der Waals surface area contributed by atoms with E-state index in [4.69, 9.17) is 9.84 Å². The smallest absolute Gasteiger partial charge is 0.342 e. The van der Waals surface area contributed by atoms with E-state index in [-0.39, 0.29) is 11.7 Å². The fraction of sp³-hybridized carbons (Fsp3) is 0.500. The summed E-state index contributed by atoms with van der Waals surface area (Å²) in [4.78, 5) is 28.3. The standard InChI is InChI=1S/C10H12N2O4/c13-9-7(10(14)15)5-11-8(12-9)4-6-2-1-3-16-6/h5-6H,1-4H2,(H,14,15)(H,11,12,13). The summed E-state index contributed by atoms with van der Waals surface area (Å²) in [6, 6.07) is 0. The van der Waals surface area contributed by atoms with Crippen molar-refractivity contribution in [1.82, 2.24) is 9.97 Å². The summed E-state index contributed by atoms with van der Waals surface area (Å²) >= 11 is 0. The Kier molecular flexibility index (Phi) is 3.00. The third-order valence-corrected chi connectivity index (χ3v) is 2.53. The molecule has 0 saturated carbocycles. The molecule has 1 aliphatic heterocycles. The Morgan fingerprint density at radius 2 is 2.50 bits per heavy atom. The molecule has 0 aromatic carbocycles. The van der Waals surface area contributed by atoms with Gasteiger partial charge in [-0.05, 0) is 12.8 Å². The summed E-state index contributed by atoms with van der Waals surface area (Å²) in [7, 11) is 0. The second kappa shape index (κ2) is 4.44. The molecule has 2 N–H and O–H groups in total. The van der Waals surface area contributed by atoms with Gasteiger partial charge in [0.1, 0.15) is 11.4 Å². The van der Waals surface area contributed by atoms with Gasteiger partial charge in [0.15, 0.2) is 0 Å². The van der Waals surface area contributed by atoms with Crippen molar-refractivity contribution in [1.29, 1.82) is 0 Å². The fourth-order valence-electron chi connectivity index (χ4n) is 1.71. The molecule has 0 amide bonds. The monoisotopic (exact) mass is 224 g/mol. The van der Waals surface area contributed by atoms with Gasteiger partial charge in [-0.15, -0.1) is 0 Å². The Balaban J connectivity index is 2.14. The average molecular weight is 224 g/mol. The summed E-state index contributed by atoms with van der Waals surface area (Å²) < 4.78 is 5.40. The molecule has 1 unspecified atom stereocenters. The highest BCUT2D eigenvalue weighted by molar-refractivity contribution is 5.86. The Labute approximate surface area is 91.3 Å². The second-order valence-corrected chi connectivity index (χ2v) is 3.72. The third-order valence-electron chi connectivity index (χ3n) is 2.53. The lowest BCUT2D eigenvalue weighted by Gasteiger charge is -2.07. The number of carboxylic acids is 1. The zero-order chi connectivity index (χ0) is 11.5. The lowest BCUT2D eigenvalue weighted by Crippen LogP contribution is -2.22. The molecule has 1 fully saturated rings. The maximum absolute atomic E-state index is 11.3. The van der Waals surface area contributed by atoms with E-state index < -0.39 is 11.5 Å². The number of carbonyl (C=O) groups is 1. The highest BCUT2D eigenvalue weighted by Crippen LogP contribution is 2.14. The fourth-order valence-corrected chi connectivity index (χ4v) is 1.71. The van der Waals surface area contributed by atoms with Crippen LogP contribution in [-0.2, 0) is 11.2 Å². The van der Waals surface area contributed by atoms with E-state index in [0.29, 0.717) is 12.2 Å². The van der Waals surface area contributed by atoms with Crippen molar-refractivity contribution in [2.24, 2.45) is 0 Å². The maximum Gasteiger partial charge on any atom is 0.342 e. The lowest BCUT2D eigenvalue weighted by atomic mass is 10.2. The molecule has 1 aliphatic rings. The Morgan fingerprint density at radius 3 is 3.06 bits per heavy atom. The van der Waals surface area contributed by atoms with Gasteiger partial charge in [-0.3, -0.25) is 4.79 Å². The van der Waals surface area contributed by atoms with Crippen LogP contribution in [0.5, 0.6) is 0 Å². The number of aromatic nitrogens is 2. The van der Waals surface area contributed by atoms with Crippen molar-refractivity contribution in [3.8, 4) is 0 Å². The van der Waals surface area contributed by atoms with Gasteiger partial charge in [-0.25, -0.2) is 9.78 Å². The molecule has 16 heavy (non-hydrogen) atoms. The molecule has 2 heterocycles. The summed E-state index contributed by atoms with van der Waals surface area (Å²) in [6.45, 7) is 0.738. The highest BCUT2D eigenvalue weighted by Gasteiger charge is 2.18. The van der Waals surface area contributed by atoms with Gasteiger partial charge in [0.25, 0.3) is 5.56 Å². The van der Waals surface area contributed by atoms with Crippen LogP contribution in [-0.4, -0.2) is 33.8 Å². The zero-order valence-electron chi connectivity index (χ0n) is 8.60. The number of aromatic amines is 1. The van der Waals surface area contributed by atoms with Crippen LogP contribution in [0.25, 0.3) is 0 Å². The molecule has 1 saturated heterocycles. The quantitative estimate of drug-likeness (QED) is 0.764. The lowest BCUT2D eigenvalue weighted by molar-refractivity contribution is 0.0694. The second-order valence-electron chi connectivity index (χ2n) is 3.72. The number of hydrogen-bond donors (Lipinski definition) is 2. The Bertz CT molecular complexity index is 448. The molecule has 2 rings (SSSR count).